The molecule has 0 fully saturated rings. The summed E-state index contributed by atoms with van der Waals surface area (Å²) in [6.07, 6.45) is 2.68. The molecule has 2 rings (SSSR count). The van der Waals surface area contributed by atoms with Crippen molar-refractivity contribution in [2.75, 3.05) is 5.32 Å². The molecule has 1 aromatic carbocycles. The first-order valence-electron chi connectivity index (χ1n) is 5.81. The highest BCUT2D eigenvalue weighted by atomic mass is 79.9. The number of aryl methyl sites for hydroxylation is 1. The first-order valence-corrected chi connectivity index (χ1v) is 6.99. The molecular weight excluding hydrogens is 312 g/mol. The van der Waals surface area contributed by atoms with Gasteiger partial charge in [-0.2, -0.15) is 0 Å². The third kappa shape index (κ3) is 3.47. The number of nitrogens with zero attached hydrogens (tertiary/aromatic N) is 1. The summed E-state index contributed by atoms with van der Waals surface area (Å²) in [7, 11) is 0. The number of pyridine rings is 1. The lowest BCUT2D eigenvalue weighted by atomic mass is 10.1. The van der Waals surface area contributed by atoms with Crippen molar-refractivity contribution < 1.29 is 0 Å². The fourth-order valence-electron chi connectivity index (χ4n) is 1.64. The monoisotopic (exact) mass is 324 g/mol. The molecule has 0 radical (unpaired) electrons. The van der Waals surface area contributed by atoms with E-state index in [2.05, 4.69) is 57.4 Å². The molecule has 0 atom stereocenters. The normalized spacial score (nSPS) is 10.4. The number of hydrogen-bond donors (Lipinski definition) is 1. The number of anilines is 1. The maximum absolute atomic E-state index is 5.91. The molecule has 0 bridgehead atoms. The molecule has 1 N–H and O–H groups in total. The van der Waals surface area contributed by atoms with Gasteiger partial charge in [0.05, 0.1) is 10.7 Å². The van der Waals surface area contributed by atoms with Crippen LogP contribution >= 0.6 is 27.5 Å². The van der Waals surface area contributed by atoms with E-state index in [1.165, 1.54) is 11.1 Å². The average Bonchev–Trinajstić information content (AvgIpc) is 2.40. The van der Waals surface area contributed by atoms with Crippen LogP contribution in [0.5, 0.6) is 0 Å². The highest BCUT2D eigenvalue weighted by Crippen LogP contribution is 2.23. The van der Waals surface area contributed by atoms with Crippen LogP contribution in [-0.2, 0) is 13.0 Å². The summed E-state index contributed by atoms with van der Waals surface area (Å²) in [6, 6.07) is 10.4. The molecule has 0 spiro atoms. The number of aromatic nitrogens is 1. The zero-order chi connectivity index (χ0) is 13.0. The van der Waals surface area contributed by atoms with Crippen LogP contribution in [0, 0.1) is 0 Å². The van der Waals surface area contributed by atoms with Crippen LogP contribution in [0.4, 0.5) is 5.69 Å². The Morgan fingerprint density at radius 3 is 2.56 bits per heavy atom. The maximum atomic E-state index is 5.91. The zero-order valence-electron chi connectivity index (χ0n) is 10.1. The summed E-state index contributed by atoms with van der Waals surface area (Å²) in [5.74, 6) is 0. The Morgan fingerprint density at radius 1 is 1.22 bits per heavy atom. The molecule has 94 valence electrons. The first-order chi connectivity index (χ1) is 8.69. The molecule has 1 aromatic heterocycles. The van der Waals surface area contributed by atoms with E-state index in [0.29, 0.717) is 5.02 Å². The summed E-state index contributed by atoms with van der Waals surface area (Å²) in [6.45, 7) is 2.91. The molecule has 0 aliphatic heterocycles. The van der Waals surface area contributed by atoms with Gasteiger partial charge in [0.2, 0.25) is 0 Å². The third-order valence-electron chi connectivity index (χ3n) is 2.72. The largest absolute Gasteiger partial charge is 0.379 e. The van der Waals surface area contributed by atoms with Crippen molar-refractivity contribution in [2.24, 2.45) is 0 Å². The average molecular weight is 326 g/mol. The molecule has 2 nitrogen and oxygen atoms in total. The lowest BCUT2D eigenvalue weighted by Gasteiger charge is -2.09. The number of hydrogen-bond acceptors (Lipinski definition) is 2. The van der Waals surface area contributed by atoms with Gasteiger partial charge in [-0.1, -0.05) is 42.8 Å². The van der Waals surface area contributed by atoms with E-state index in [4.69, 9.17) is 11.6 Å². The van der Waals surface area contributed by atoms with Crippen molar-refractivity contribution >= 4 is 33.2 Å². The van der Waals surface area contributed by atoms with Crippen molar-refractivity contribution in [3.8, 4) is 0 Å². The van der Waals surface area contributed by atoms with Crippen LogP contribution in [0.3, 0.4) is 0 Å². The molecule has 0 saturated heterocycles. The molecule has 2 aromatic rings. The number of nitrogens with one attached hydrogen (secondary N) is 1. The van der Waals surface area contributed by atoms with Crippen molar-refractivity contribution in [3.05, 3.63) is 57.3 Å². The number of benzene rings is 1. The summed E-state index contributed by atoms with van der Waals surface area (Å²) >= 11 is 9.31. The van der Waals surface area contributed by atoms with Gasteiger partial charge in [-0.3, -0.25) is 0 Å². The van der Waals surface area contributed by atoms with Crippen molar-refractivity contribution in [2.45, 2.75) is 19.9 Å². The Bertz CT molecular complexity index is 526. The fourth-order valence-corrected chi connectivity index (χ4v) is 2.15. The summed E-state index contributed by atoms with van der Waals surface area (Å²) in [5, 5.41) is 3.94. The lowest BCUT2D eigenvalue weighted by Crippen LogP contribution is -2.01. The molecular formula is C14H14BrClN2. The predicted octanol–water partition coefficient (Wildman–Crippen LogP) is 4.67. The number of halogens is 2. The van der Waals surface area contributed by atoms with E-state index in [-0.39, 0.29) is 0 Å². The van der Waals surface area contributed by atoms with Crippen LogP contribution in [0.1, 0.15) is 18.1 Å². The van der Waals surface area contributed by atoms with Gasteiger partial charge in [0.1, 0.15) is 4.60 Å². The Kier molecular flexibility index (Phi) is 4.61. The van der Waals surface area contributed by atoms with Crippen LogP contribution in [-0.4, -0.2) is 4.98 Å². The Hall–Kier alpha value is -1.06. The lowest BCUT2D eigenvalue weighted by molar-refractivity contribution is 1.10. The predicted molar refractivity (Wildman–Crippen MR) is 80.1 cm³/mol. The summed E-state index contributed by atoms with van der Waals surface area (Å²) < 4.78 is 0.775. The van der Waals surface area contributed by atoms with E-state index in [0.717, 1.165) is 23.3 Å². The summed E-state index contributed by atoms with van der Waals surface area (Å²) in [5.41, 5.74) is 3.49. The van der Waals surface area contributed by atoms with E-state index < -0.39 is 0 Å². The van der Waals surface area contributed by atoms with Crippen LogP contribution in [0.2, 0.25) is 5.02 Å². The zero-order valence-corrected chi connectivity index (χ0v) is 12.4. The van der Waals surface area contributed by atoms with Gasteiger partial charge in [-0.25, -0.2) is 4.98 Å². The molecule has 18 heavy (non-hydrogen) atoms. The fraction of sp³-hybridized carbons (Fsp3) is 0.214. The summed E-state index contributed by atoms with van der Waals surface area (Å²) in [4.78, 5) is 4.14. The van der Waals surface area contributed by atoms with Gasteiger partial charge in [-0.15, -0.1) is 0 Å². The van der Waals surface area contributed by atoms with E-state index in [1.807, 2.05) is 6.07 Å². The Balaban J connectivity index is 2.04. The molecule has 0 amide bonds. The second-order valence-electron chi connectivity index (χ2n) is 4.02. The second-order valence-corrected chi connectivity index (χ2v) is 5.20. The number of rotatable bonds is 4. The molecule has 1 heterocycles. The maximum Gasteiger partial charge on any atom is 0.129 e. The van der Waals surface area contributed by atoms with Gasteiger partial charge in [0, 0.05) is 12.7 Å². The SMILES string of the molecule is CCc1ccc(CNc2cc(Cl)cnc2Br)cc1. The van der Waals surface area contributed by atoms with Crippen LogP contribution < -0.4 is 5.32 Å². The highest BCUT2D eigenvalue weighted by Gasteiger charge is 2.02. The van der Waals surface area contributed by atoms with Crippen molar-refractivity contribution in [3.63, 3.8) is 0 Å². The van der Waals surface area contributed by atoms with Gasteiger partial charge in [0.25, 0.3) is 0 Å². The van der Waals surface area contributed by atoms with E-state index >= 15 is 0 Å². The minimum absolute atomic E-state index is 0.627. The van der Waals surface area contributed by atoms with E-state index in [9.17, 15) is 0 Å². The highest BCUT2D eigenvalue weighted by molar-refractivity contribution is 9.10. The van der Waals surface area contributed by atoms with Gasteiger partial charge in [0.15, 0.2) is 0 Å². The Morgan fingerprint density at radius 2 is 1.89 bits per heavy atom. The minimum Gasteiger partial charge on any atom is -0.379 e. The van der Waals surface area contributed by atoms with Crippen LogP contribution in [0.25, 0.3) is 0 Å². The van der Waals surface area contributed by atoms with Crippen LogP contribution in [0.15, 0.2) is 41.1 Å². The van der Waals surface area contributed by atoms with Gasteiger partial charge < -0.3 is 5.32 Å². The van der Waals surface area contributed by atoms with Gasteiger partial charge in [-0.05, 0) is 39.5 Å². The molecule has 4 heteroatoms. The molecule has 0 saturated carbocycles. The standard InChI is InChI=1S/C14H14BrClN2/c1-2-10-3-5-11(6-4-10)8-17-13-7-12(16)9-18-14(13)15/h3-7,9,17H,2,8H2,1H3. The molecule has 0 aliphatic carbocycles. The third-order valence-corrected chi connectivity index (χ3v) is 3.56. The molecule has 0 aliphatic rings. The smallest absolute Gasteiger partial charge is 0.129 e. The second kappa shape index (κ2) is 6.21. The first kappa shape index (κ1) is 13.4. The van der Waals surface area contributed by atoms with Crippen molar-refractivity contribution in [1.29, 1.82) is 0 Å². The van der Waals surface area contributed by atoms with Crippen molar-refractivity contribution in [1.82, 2.24) is 4.98 Å². The molecule has 0 unspecified atom stereocenters. The minimum atomic E-state index is 0.627. The quantitative estimate of drug-likeness (QED) is 0.826. The Labute approximate surface area is 121 Å². The van der Waals surface area contributed by atoms with E-state index in [1.54, 1.807) is 6.20 Å². The van der Waals surface area contributed by atoms with Gasteiger partial charge >= 0.3 is 0 Å². The topological polar surface area (TPSA) is 24.9 Å².